The van der Waals surface area contributed by atoms with Crippen molar-refractivity contribution >= 4 is 18.5 Å². The highest BCUT2D eigenvalue weighted by Gasteiger charge is 2.28. The number of unbranched alkanes of at least 4 members (excludes halogenated alkanes) is 4. The summed E-state index contributed by atoms with van der Waals surface area (Å²) in [5, 5.41) is 0. The third-order valence-electron chi connectivity index (χ3n) is 3.26. The van der Waals surface area contributed by atoms with Gasteiger partial charge in [-0.2, -0.15) is 11.1 Å². The van der Waals surface area contributed by atoms with E-state index in [1.54, 1.807) is 0 Å². The van der Waals surface area contributed by atoms with Crippen LogP contribution in [0.1, 0.15) is 51.9 Å². The Hall–Kier alpha value is -0.0131. The lowest BCUT2D eigenvalue weighted by Gasteiger charge is -2.24. The molecule has 0 amide bonds. The van der Waals surface area contributed by atoms with Gasteiger partial charge >= 0.3 is 0 Å². The summed E-state index contributed by atoms with van der Waals surface area (Å²) in [5.41, 5.74) is 0. The molecule has 0 bridgehead atoms. The summed E-state index contributed by atoms with van der Waals surface area (Å²) >= 11 is 6.88. The highest BCUT2D eigenvalue weighted by molar-refractivity contribution is 7.20. The van der Waals surface area contributed by atoms with E-state index < -0.39 is 7.38 Å². The van der Waals surface area contributed by atoms with Crippen LogP contribution in [0.25, 0.3) is 0 Å². The fraction of sp³-hybridized carbons (Fsp3) is 0.733. The average molecular weight is 273 g/mol. The molecule has 0 nitrogen and oxygen atoms in total. The molecule has 0 fully saturated rings. The van der Waals surface area contributed by atoms with E-state index in [9.17, 15) is 0 Å². The molecule has 0 rings (SSSR count). The predicted octanol–water partition coefficient (Wildman–Crippen LogP) is 6.29. The molecule has 0 radical (unpaired) electrons. The molecule has 0 aliphatic heterocycles. The third-order valence-corrected chi connectivity index (χ3v) is 8.86. The smallest absolute Gasteiger partial charge is 0.156 e. The van der Waals surface area contributed by atoms with Crippen molar-refractivity contribution in [1.82, 2.24) is 0 Å². The topological polar surface area (TPSA) is 0 Å². The fourth-order valence-corrected chi connectivity index (χ4v) is 7.07. The summed E-state index contributed by atoms with van der Waals surface area (Å²) < 4.78 is 0. The first kappa shape index (κ1) is 17.0. The van der Waals surface area contributed by atoms with Crippen molar-refractivity contribution in [2.45, 2.75) is 70.0 Å². The summed E-state index contributed by atoms with van der Waals surface area (Å²) in [5.74, 6) is 0. The van der Waals surface area contributed by atoms with Crippen LogP contribution in [0.5, 0.6) is 0 Å². The number of allylic oxidation sites excluding steroid dienone is 2. The van der Waals surface area contributed by atoms with Gasteiger partial charge in [0.1, 0.15) is 0 Å². The SMILES string of the molecule is C=CCCCC[Si](Cl)(CCC)CCCCC=C. The van der Waals surface area contributed by atoms with Gasteiger partial charge in [-0.3, -0.25) is 0 Å². The Balaban J connectivity index is 3.87. The van der Waals surface area contributed by atoms with Gasteiger partial charge < -0.3 is 0 Å². The van der Waals surface area contributed by atoms with E-state index in [1.165, 1.54) is 50.2 Å². The molecule has 0 aromatic rings. The molecule has 0 aliphatic rings. The zero-order valence-corrected chi connectivity index (χ0v) is 13.3. The molecule has 0 unspecified atom stereocenters. The van der Waals surface area contributed by atoms with Crippen molar-refractivity contribution in [2.75, 3.05) is 0 Å². The third kappa shape index (κ3) is 9.67. The molecular weight excluding hydrogens is 244 g/mol. The molecule has 0 saturated heterocycles. The van der Waals surface area contributed by atoms with Crippen LogP contribution in [-0.2, 0) is 0 Å². The highest BCUT2D eigenvalue weighted by atomic mass is 35.6. The van der Waals surface area contributed by atoms with E-state index in [1.807, 2.05) is 12.2 Å². The fourth-order valence-electron chi connectivity index (χ4n) is 2.28. The van der Waals surface area contributed by atoms with Gasteiger partial charge in [0.15, 0.2) is 7.38 Å². The van der Waals surface area contributed by atoms with E-state index >= 15 is 0 Å². The quantitative estimate of drug-likeness (QED) is 0.169. The van der Waals surface area contributed by atoms with Crippen LogP contribution >= 0.6 is 11.1 Å². The van der Waals surface area contributed by atoms with Gasteiger partial charge in [0, 0.05) is 0 Å². The maximum atomic E-state index is 6.88. The molecule has 0 atom stereocenters. The van der Waals surface area contributed by atoms with Crippen molar-refractivity contribution < 1.29 is 0 Å². The monoisotopic (exact) mass is 272 g/mol. The van der Waals surface area contributed by atoms with E-state index in [0.717, 1.165) is 12.8 Å². The van der Waals surface area contributed by atoms with Crippen LogP contribution < -0.4 is 0 Å². The van der Waals surface area contributed by atoms with E-state index in [-0.39, 0.29) is 0 Å². The molecule has 0 N–H and O–H groups in total. The normalized spacial score (nSPS) is 11.4. The summed E-state index contributed by atoms with van der Waals surface area (Å²) in [4.78, 5) is 0. The second kappa shape index (κ2) is 11.1. The maximum absolute atomic E-state index is 6.88. The number of rotatable bonds is 12. The van der Waals surface area contributed by atoms with Crippen LogP contribution in [0.4, 0.5) is 0 Å². The molecule has 100 valence electrons. The van der Waals surface area contributed by atoms with Gasteiger partial charge in [0.05, 0.1) is 0 Å². The summed E-state index contributed by atoms with van der Waals surface area (Å²) in [6.45, 7) is 9.80. The molecular formula is C15H29ClSi. The Labute approximate surface area is 114 Å². The molecule has 0 heterocycles. The van der Waals surface area contributed by atoms with Crippen LogP contribution in [0.3, 0.4) is 0 Å². The first-order valence-electron chi connectivity index (χ1n) is 7.09. The standard InChI is InChI=1S/C15H29ClSi/c1-4-7-9-11-14-17(16,13-6-3)15-12-10-8-5-2/h4-5H,1-2,6-15H2,3H3. The van der Waals surface area contributed by atoms with Crippen LogP contribution in [0, 0.1) is 0 Å². The Morgan fingerprint density at radius 2 is 1.35 bits per heavy atom. The largest absolute Gasteiger partial charge is 0.167 e. The average Bonchev–Trinajstić information content (AvgIpc) is 2.31. The van der Waals surface area contributed by atoms with E-state index in [0.29, 0.717) is 0 Å². The van der Waals surface area contributed by atoms with E-state index in [2.05, 4.69) is 20.1 Å². The highest BCUT2D eigenvalue weighted by Crippen LogP contribution is 2.31. The first-order chi connectivity index (χ1) is 8.18. The minimum atomic E-state index is -1.45. The number of halogens is 1. The Kier molecular flexibility index (Phi) is 11.1. The predicted molar refractivity (Wildman–Crippen MR) is 84.4 cm³/mol. The van der Waals surface area contributed by atoms with Crippen molar-refractivity contribution in [3.63, 3.8) is 0 Å². The van der Waals surface area contributed by atoms with E-state index in [4.69, 9.17) is 11.1 Å². The summed E-state index contributed by atoms with van der Waals surface area (Å²) in [7, 11) is -1.45. The zero-order valence-electron chi connectivity index (χ0n) is 11.5. The van der Waals surface area contributed by atoms with Crippen molar-refractivity contribution in [1.29, 1.82) is 0 Å². The second-order valence-corrected chi connectivity index (χ2v) is 11.2. The van der Waals surface area contributed by atoms with Gasteiger partial charge in [-0.1, -0.05) is 51.2 Å². The van der Waals surface area contributed by atoms with Crippen molar-refractivity contribution in [2.24, 2.45) is 0 Å². The zero-order chi connectivity index (χ0) is 13.0. The minimum absolute atomic E-state index is 1.14. The molecule has 0 aliphatic carbocycles. The molecule has 17 heavy (non-hydrogen) atoms. The molecule has 0 aromatic heterocycles. The number of hydrogen-bond donors (Lipinski definition) is 0. The Morgan fingerprint density at radius 3 is 1.71 bits per heavy atom. The molecule has 0 aromatic carbocycles. The van der Waals surface area contributed by atoms with Crippen molar-refractivity contribution in [3.8, 4) is 0 Å². The van der Waals surface area contributed by atoms with Gasteiger partial charge in [-0.15, -0.1) is 13.2 Å². The van der Waals surface area contributed by atoms with Crippen molar-refractivity contribution in [3.05, 3.63) is 25.3 Å². The van der Waals surface area contributed by atoms with Crippen LogP contribution in [0.15, 0.2) is 25.3 Å². The Morgan fingerprint density at radius 1 is 0.882 bits per heavy atom. The van der Waals surface area contributed by atoms with Crippen LogP contribution in [-0.4, -0.2) is 7.38 Å². The van der Waals surface area contributed by atoms with Gasteiger partial charge in [-0.25, -0.2) is 0 Å². The minimum Gasteiger partial charge on any atom is -0.167 e. The summed E-state index contributed by atoms with van der Waals surface area (Å²) in [6.07, 6.45) is 12.7. The lowest BCUT2D eigenvalue weighted by Crippen LogP contribution is -2.26. The lowest BCUT2D eigenvalue weighted by atomic mass is 10.2. The second-order valence-electron chi connectivity index (χ2n) is 4.97. The first-order valence-corrected chi connectivity index (χ1v) is 10.7. The molecule has 2 heteroatoms. The maximum Gasteiger partial charge on any atom is 0.156 e. The van der Waals surface area contributed by atoms with Gasteiger partial charge in [-0.05, 0) is 31.0 Å². The van der Waals surface area contributed by atoms with Gasteiger partial charge in [0.2, 0.25) is 0 Å². The molecule has 0 spiro atoms. The molecule has 0 saturated carbocycles. The summed E-state index contributed by atoms with van der Waals surface area (Å²) in [6, 6.07) is 3.88. The number of hydrogen-bond acceptors (Lipinski definition) is 0. The van der Waals surface area contributed by atoms with Gasteiger partial charge in [0.25, 0.3) is 0 Å². The van der Waals surface area contributed by atoms with Crippen LogP contribution in [0.2, 0.25) is 18.1 Å². The Bertz CT molecular complexity index is 185. The lowest BCUT2D eigenvalue weighted by molar-refractivity contribution is 0.773.